The number of halogens is 3. The van der Waals surface area contributed by atoms with Crippen LogP contribution >= 0.6 is 0 Å². The van der Waals surface area contributed by atoms with E-state index < -0.39 is 32.6 Å². The summed E-state index contributed by atoms with van der Waals surface area (Å²) in [5, 5.41) is 2.82. The molecule has 0 aromatic heterocycles. The van der Waals surface area contributed by atoms with E-state index in [1.165, 1.54) is 6.07 Å². The predicted octanol–water partition coefficient (Wildman–Crippen LogP) is 4.53. The molecule has 1 aliphatic rings. The molecule has 32 heavy (non-hydrogen) atoms. The van der Waals surface area contributed by atoms with E-state index >= 15 is 0 Å². The van der Waals surface area contributed by atoms with Gasteiger partial charge in [0.05, 0.1) is 22.8 Å². The van der Waals surface area contributed by atoms with Crippen molar-refractivity contribution in [2.75, 3.05) is 25.0 Å². The highest BCUT2D eigenvalue weighted by Crippen LogP contribution is 2.36. The summed E-state index contributed by atoms with van der Waals surface area (Å²) in [5.74, 6) is -0.185. The van der Waals surface area contributed by atoms with Gasteiger partial charge in [0.2, 0.25) is 15.9 Å². The number of rotatable bonds is 7. The van der Waals surface area contributed by atoms with Gasteiger partial charge in [-0.2, -0.15) is 17.5 Å². The van der Waals surface area contributed by atoms with Crippen LogP contribution in [-0.4, -0.2) is 38.3 Å². The fraction of sp³-hybridized carbons (Fsp3) is 0.409. The van der Waals surface area contributed by atoms with Gasteiger partial charge in [0, 0.05) is 19.0 Å². The lowest BCUT2D eigenvalue weighted by Crippen LogP contribution is -2.41. The number of nitrogens with one attached hydrogen (secondary N) is 1. The quantitative estimate of drug-likeness (QED) is 0.645. The molecule has 0 radical (unpaired) electrons. The van der Waals surface area contributed by atoms with Crippen LogP contribution < -0.4 is 10.1 Å². The smallest absolute Gasteiger partial charge is 0.417 e. The fourth-order valence-electron chi connectivity index (χ4n) is 3.57. The third-order valence-corrected chi connectivity index (χ3v) is 7.20. The van der Waals surface area contributed by atoms with Crippen LogP contribution in [0.4, 0.5) is 18.9 Å². The monoisotopic (exact) mass is 470 g/mol. The number of ether oxygens (including phenoxy) is 1. The zero-order valence-electron chi connectivity index (χ0n) is 17.6. The van der Waals surface area contributed by atoms with E-state index in [1.807, 2.05) is 6.92 Å². The first-order valence-corrected chi connectivity index (χ1v) is 11.8. The number of sulfonamides is 1. The third kappa shape index (κ3) is 5.42. The maximum absolute atomic E-state index is 13.3. The molecule has 0 bridgehead atoms. The minimum Gasteiger partial charge on any atom is -0.491 e. The number of benzene rings is 2. The summed E-state index contributed by atoms with van der Waals surface area (Å²) in [6, 6.07) is 11.2. The van der Waals surface area contributed by atoms with Crippen LogP contribution in [-0.2, 0) is 21.0 Å². The highest BCUT2D eigenvalue weighted by molar-refractivity contribution is 7.89. The Kier molecular flexibility index (Phi) is 7.45. The van der Waals surface area contributed by atoms with E-state index in [1.54, 1.807) is 24.3 Å². The normalized spacial score (nSPS) is 16.0. The summed E-state index contributed by atoms with van der Waals surface area (Å²) >= 11 is 0. The third-order valence-electron chi connectivity index (χ3n) is 5.24. The minimum atomic E-state index is -4.78. The molecule has 0 aliphatic carbocycles. The van der Waals surface area contributed by atoms with Crippen molar-refractivity contribution in [3.63, 3.8) is 0 Å². The number of hydrogen-bond donors (Lipinski definition) is 1. The molecule has 0 saturated carbocycles. The minimum absolute atomic E-state index is 0.0411. The van der Waals surface area contributed by atoms with Crippen molar-refractivity contribution in [3.8, 4) is 5.75 Å². The second-order valence-corrected chi connectivity index (χ2v) is 9.41. The Labute approximate surface area is 185 Å². The maximum Gasteiger partial charge on any atom is 0.417 e. The first kappa shape index (κ1) is 24.1. The number of carbonyl (C=O) groups excluding carboxylic acids is 1. The Balaban J connectivity index is 1.68. The van der Waals surface area contributed by atoms with Crippen molar-refractivity contribution >= 4 is 21.6 Å². The second kappa shape index (κ2) is 9.91. The van der Waals surface area contributed by atoms with Gasteiger partial charge in [-0.1, -0.05) is 31.2 Å². The Bertz CT molecular complexity index is 1050. The number of carbonyl (C=O) groups is 1. The van der Waals surface area contributed by atoms with Gasteiger partial charge in [0.15, 0.2) is 0 Å². The molecule has 1 aliphatic heterocycles. The summed E-state index contributed by atoms with van der Waals surface area (Å²) < 4.78 is 72.3. The average Bonchev–Trinajstić information content (AvgIpc) is 2.78. The van der Waals surface area contributed by atoms with E-state index in [-0.39, 0.29) is 31.8 Å². The van der Waals surface area contributed by atoms with Crippen LogP contribution in [0, 0.1) is 5.92 Å². The highest BCUT2D eigenvalue weighted by atomic mass is 32.2. The van der Waals surface area contributed by atoms with Crippen molar-refractivity contribution in [1.29, 1.82) is 0 Å². The van der Waals surface area contributed by atoms with Gasteiger partial charge in [-0.25, -0.2) is 8.42 Å². The van der Waals surface area contributed by atoms with Crippen LogP contribution in [0.2, 0.25) is 0 Å². The molecule has 6 nitrogen and oxygen atoms in total. The van der Waals surface area contributed by atoms with Crippen molar-refractivity contribution in [2.45, 2.75) is 37.3 Å². The standard InChI is InChI=1S/C22H25F3N2O4S/c1-2-15-31-19-9-5-4-8-18(19)26-21(28)16-11-13-27(14-12-16)32(29,30)20-10-6-3-7-17(20)22(23,24)25/h3-10,16H,2,11-15H2,1H3,(H,26,28). The molecular formula is C22H25F3N2O4S. The molecular weight excluding hydrogens is 445 g/mol. The number of piperidine rings is 1. The lowest BCUT2D eigenvalue weighted by Gasteiger charge is -2.31. The molecule has 1 amide bonds. The fourth-order valence-corrected chi connectivity index (χ4v) is 5.25. The van der Waals surface area contributed by atoms with Crippen LogP contribution in [0.25, 0.3) is 0 Å². The number of nitrogens with zero attached hydrogens (tertiary/aromatic N) is 1. The van der Waals surface area contributed by atoms with Gasteiger partial charge in [-0.15, -0.1) is 0 Å². The lowest BCUT2D eigenvalue weighted by molar-refractivity contribution is -0.139. The van der Waals surface area contributed by atoms with Crippen molar-refractivity contribution < 1.29 is 31.1 Å². The van der Waals surface area contributed by atoms with E-state index in [9.17, 15) is 26.4 Å². The molecule has 3 rings (SSSR count). The largest absolute Gasteiger partial charge is 0.491 e. The molecule has 1 heterocycles. The maximum atomic E-state index is 13.3. The van der Waals surface area contributed by atoms with Gasteiger partial charge in [-0.05, 0) is 43.5 Å². The van der Waals surface area contributed by atoms with Crippen molar-refractivity contribution in [1.82, 2.24) is 4.31 Å². The SMILES string of the molecule is CCCOc1ccccc1NC(=O)C1CCN(S(=O)(=O)c2ccccc2C(F)(F)F)CC1. The van der Waals surface area contributed by atoms with Crippen LogP contribution in [0.3, 0.4) is 0 Å². The van der Waals surface area contributed by atoms with E-state index in [2.05, 4.69) is 5.32 Å². The van der Waals surface area contributed by atoms with Crippen molar-refractivity contribution in [3.05, 3.63) is 54.1 Å². The van der Waals surface area contributed by atoms with Gasteiger partial charge in [-0.3, -0.25) is 4.79 Å². The predicted molar refractivity (Wildman–Crippen MR) is 114 cm³/mol. The summed E-state index contributed by atoms with van der Waals surface area (Å²) in [7, 11) is -4.34. The molecule has 1 saturated heterocycles. The summed E-state index contributed by atoms with van der Waals surface area (Å²) in [5.41, 5.74) is -0.663. The van der Waals surface area contributed by atoms with E-state index in [4.69, 9.17) is 4.74 Å². The van der Waals surface area contributed by atoms with Crippen molar-refractivity contribution in [2.24, 2.45) is 5.92 Å². The highest BCUT2D eigenvalue weighted by Gasteiger charge is 2.40. The number of hydrogen-bond acceptors (Lipinski definition) is 4. The Morgan fingerprint density at radius 3 is 2.38 bits per heavy atom. The van der Waals surface area contributed by atoms with Crippen LogP contribution in [0.1, 0.15) is 31.7 Å². The Hall–Kier alpha value is -2.59. The van der Waals surface area contributed by atoms with E-state index in [0.717, 1.165) is 28.9 Å². The molecule has 1 fully saturated rings. The zero-order chi connectivity index (χ0) is 23.4. The topological polar surface area (TPSA) is 75.7 Å². The molecule has 2 aromatic carbocycles. The summed E-state index contributed by atoms with van der Waals surface area (Å²) in [4.78, 5) is 12.0. The van der Waals surface area contributed by atoms with Gasteiger partial charge < -0.3 is 10.1 Å². The van der Waals surface area contributed by atoms with E-state index in [0.29, 0.717) is 18.0 Å². The Morgan fingerprint density at radius 2 is 1.72 bits per heavy atom. The van der Waals surface area contributed by atoms with Crippen LogP contribution in [0.15, 0.2) is 53.4 Å². The zero-order valence-corrected chi connectivity index (χ0v) is 18.4. The molecule has 0 unspecified atom stereocenters. The first-order chi connectivity index (χ1) is 15.1. The summed E-state index contributed by atoms with van der Waals surface area (Å²) in [6.45, 7) is 2.39. The number of amides is 1. The first-order valence-electron chi connectivity index (χ1n) is 10.3. The second-order valence-electron chi connectivity index (χ2n) is 7.51. The Morgan fingerprint density at radius 1 is 1.09 bits per heavy atom. The molecule has 10 heteroatoms. The van der Waals surface area contributed by atoms with Gasteiger partial charge in [0.25, 0.3) is 0 Å². The van der Waals surface area contributed by atoms with Gasteiger partial charge in [0.1, 0.15) is 5.75 Å². The lowest BCUT2D eigenvalue weighted by atomic mass is 9.97. The average molecular weight is 471 g/mol. The number of para-hydroxylation sites is 2. The van der Waals surface area contributed by atoms with Crippen LogP contribution in [0.5, 0.6) is 5.75 Å². The summed E-state index contributed by atoms with van der Waals surface area (Å²) in [6.07, 6.45) is -3.56. The number of alkyl halides is 3. The molecule has 0 atom stereocenters. The molecule has 2 aromatic rings. The number of anilines is 1. The molecule has 174 valence electrons. The van der Waals surface area contributed by atoms with Gasteiger partial charge >= 0.3 is 6.18 Å². The molecule has 0 spiro atoms. The molecule has 1 N–H and O–H groups in total.